The fourth-order valence-electron chi connectivity index (χ4n) is 1.93. The van der Waals surface area contributed by atoms with E-state index in [9.17, 15) is 4.39 Å². The smallest absolute Gasteiger partial charge is 0.126 e. The first-order chi connectivity index (χ1) is 8.81. The van der Waals surface area contributed by atoms with Crippen LogP contribution in [0.2, 0.25) is 0 Å². The normalized spacial score (nSPS) is 12.3. The van der Waals surface area contributed by atoms with Gasteiger partial charge in [-0.25, -0.2) is 14.4 Å². The van der Waals surface area contributed by atoms with Crippen LogP contribution in [0.4, 0.5) is 4.39 Å². The molecule has 1 aromatic heterocycles. The summed E-state index contributed by atoms with van der Waals surface area (Å²) in [5, 5.41) is 3.33. The molecule has 0 aliphatic heterocycles. The van der Waals surface area contributed by atoms with Gasteiger partial charge in [-0.15, -0.1) is 0 Å². The highest BCUT2D eigenvalue weighted by Gasteiger charge is 2.13. The summed E-state index contributed by atoms with van der Waals surface area (Å²) in [7, 11) is 0. The zero-order chi connectivity index (χ0) is 12.8. The Morgan fingerprint density at radius 1 is 1.22 bits per heavy atom. The molecule has 2 rings (SSSR count). The van der Waals surface area contributed by atoms with Crippen molar-refractivity contribution in [2.45, 2.75) is 19.4 Å². The van der Waals surface area contributed by atoms with Crippen LogP contribution in [0.5, 0.6) is 0 Å². The van der Waals surface area contributed by atoms with Gasteiger partial charge >= 0.3 is 0 Å². The maximum atomic E-state index is 13.6. The molecule has 0 saturated carbocycles. The topological polar surface area (TPSA) is 37.8 Å². The number of likely N-dealkylation sites (N-methyl/N-ethyl adjacent to an activating group) is 1. The molecule has 0 aliphatic rings. The van der Waals surface area contributed by atoms with Crippen molar-refractivity contribution >= 4 is 0 Å². The molecule has 2 aromatic rings. The first-order valence-corrected chi connectivity index (χ1v) is 6.03. The highest BCUT2D eigenvalue weighted by molar-refractivity contribution is 5.21. The number of hydrogen-bond donors (Lipinski definition) is 1. The largest absolute Gasteiger partial charge is 0.310 e. The minimum absolute atomic E-state index is 0.0353. The van der Waals surface area contributed by atoms with E-state index in [-0.39, 0.29) is 11.9 Å². The molecule has 0 saturated heterocycles. The Hall–Kier alpha value is -1.81. The van der Waals surface area contributed by atoms with E-state index in [1.165, 1.54) is 12.4 Å². The van der Waals surface area contributed by atoms with Gasteiger partial charge in [0.05, 0.1) is 0 Å². The average Bonchev–Trinajstić information content (AvgIpc) is 2.42. The zero-order valence-corrected chi connectivity index (χ0v) is 10.3. The molecule has 4 heteroatoms. The molecule has 0 radical (unpaired) electrons. The first kappa shape index (κ1) is 12.6. The van der Waals surface area contributed by atoms with Crippen LogP contribution in [0.1, 0.15) is 24.1 Å². The van der Waals surface area contributed by atoms with Crippen LogP contribution >= 0.6 is 0 Å². The standard InChI is InChI=1S/C14H16FN3/c1-2-18-14(12-8-16-10-17-9-12)7-11-5-3-4-6-13(11)15/h3-6,8-10,14,18H,2,7H2,1H3. The monoisotopic (exact) mass is 245 g/mol. The number of benzene rings is 1. The molecule has 1 atom stereocenters. The number of halogens is 1. The summed E-state index contributed by atoms with van der Waals surface area (Å²) in [6.45, 7) is 2.84. The lowest BCUT2D eigenvalue weighted by Gasteiger charge is -2.17. The van der Waals surface area contributed by atoms with Crippen molar-refractivity contribution in [2.24, 2.45) is 0 Å². The summed E-state index contributed by atoms with van der Waals surface area (Å²) in [5.41, 5.74) is 1.68. The van der Waals surface area contributed by atoms with Crippen LogP contribution < -0.4 is 5.32 Å². The minimum Gasteiger partial charge on any atom is -0.310 e. The SMILES string of the molecule is CCNC(Cc1ccccc1F)c1cncnc1. The molecular weight excluding hydrogens is 229 g/mol. The lowest BCUT2D eigenvalue weighted by molar-refractivity contribution is 0.525. The Labute approximate surface area is 106 Å². The van der Waals surface area contributed by atoms with E-state index < -0.39 is 0 Å². The lowest BCUT2D eigenvalue weighted by Crippen LogP contribution is -2.23. The second-order valence-electron chi connectivity index (χ2n) is 4.08. The Balaban J connectivity index is 2.19. The van der Waals surface area contributed by atoms with E-state index in [2.05, 4.69) is 15.3 Å². The second kappa shape index (κ2) is 6.21. The van der Waals surface area contributed by atoms with Gasteiger partial charge in [-0.3, -0.25) is 0 Å². The molecule has 0 fully saturated rings. The van der Waals surface area contributed by atoms with Gasteiger partial charge in [0.25, 0.3) is 0 Å². The highest BCUT2D eigenvalue weighted by Crippen LogP contribution is 2.18. The Kier molecular flexibility index (Phi) is 4.36. The fourth-order valence-corrected chi connectivity index (χ4v) is 1.93. The van der Waals surface area contributed by atoms with Crippen LogP contribution in [0.25, 0.3) is 0 Å². The zero-order valence-electron chi connectivity index (χ0n) is 10.3. The van der Waals surface area contributed by atoms with E-state index >= 15 is 0 Å². The molecule has 1 unspecified atom stereocenters. The van der Waals surface area contributed by atoms with Crippen molar-refractivity contribution in [2.75, 3.05) is 6.54 Å². The molecule has 0 aliphatic carbocycles. The number of aromatic nitrogens is 2. The van der Waals surface area contributed by atoms with Crippen LogP contribution in [0, 0.1) is 5.82 Å². The van der Waals surface area contributed by atoms with Gasteiger partial charge in [-0.2, -0.15) is 0 Å². The summed E-state index contributed by atoms with van der Waals surface area (Å²) in [6, 6.07) is 6.88. The van der Waals surface area contributed by atoms with Crippen LogP contribution in [0.15, 0.2) is 43.0 Å². The molecule has 18 heavy (non-hydrogen) atoms. The number of nitrogens with one attached hydrogen (secondary N) is 1. The predicted molar refractivity (Wildman–Crippen MR) is 68.6 cm³/mol. The van der Waals surface area contributed by atoms with Gasteiger partial charge in [0.1, 0.15) is 12.1 Å². The van der Waals surface area contributed by atoms with Gasteiger partial charge in [-0.05, 0) is 24.6 Å². The second-order valence-corrected chi connectivity index (χ2v) is 4.08. The van der Waals surface area contributed by atoms with Gasteiger partial charge in [0, 0.05) is 24.0 Å². The maximum Gasteiger partial charge on any atom is 0.126 e. The van der Waals surface area contributed by atoms with Crippen LogP contribution in [-0.2, 0) is 6.42 Å². The molecule has 94 valence electrons. The molecular formula is C14H16FN3. The van der Waals surface area contributed by atoms with Crippen molar-refractivity contribution in [1.82, 2.24) is 15.3 Å². The summed E-state index contributed by atoms with van der Waals surface area (Å²) >= 11 is 0. The lowest BCUT2D eigenvalue weighted by atomic mass is 10.0. The van der Waals surface area contributed by atoms with E-state index in [0.717, 1.165) is 12.1 Å². The van der Waals surface area contributed by atoms with Gasteiger partial charge < -0.3 is 5.32 Å². The van der Waals surface area contributed by atoms with E-state index in [0.29, 0.717) is 12.0 Å². The average molecular weight is 245 g/mol. The third-order valence-electron chi connectivity index (χ3n) is 2.82. The van der Waals surface area contributed by atoms with E-state index in [1.54, 1.807) is 18.5 Å². The summed E-state index contributed by atoms with van der Waals surface area (Å²) < 4.78 is 13.6. The van der Waals surface area contributed by atoms with Crippen molar-refractivity contribution < 1.29 is 4.39 Å². The van der Waals surface area contributed by atoms with Crippen molar-refractivity contribution in [3.8, 4) is 0 Å². The van der Waals surface area contributed by atoms with Crippen molar-refractivity contribution in [3.05, 3.63) is 59.9 Å². The molecule has 1 aromatic carbocycles. The van der Waals surface area contributed by atoms with Crippen LogP contribution in [0.3, 0.4) is 0 Å². The molecule has 3 nitrogen and oxygen atoms in total. The molecule has 1 N–H and O–H groups in total. The third kappa shape index (κ3) is 3.11. The molecule has 0 amide bonds. The predicted octanol–water partition coefficient (Wildman–Crippen LogP) is 2.51. The van der Waals surface area contributed by atoms with Crippen LogP contribution in [-0.4, -0.2) is 16.5 Å². The van der Waals surface area contributed by atoms with Crippen molar-refractivity contribution in [3.63, 3.8) is 0 Å². The first-order valence-electron chi connectivity index (χ1n) is 6.03. The number of hydrogen-bond acceptors (Lipinski definition) is 3. The van der Waals surface area contributed by atoms with Crippen molar-refractivity contribution in [1.29, 1.82) is 0 Å². The minimum atomic E-state index is -0.169. The highest BCUT2D eigenvalue weighted by atomic mass is 19.1. The van der Waals surface area contributed by atoms with E-state index in [1.807, 2.05) is 19.1 Å². The number of nitrogens with zero attached hydrogens (tertiary/aromatic N) is 2. The summed E-state index contributed by atoms with van der Waals surface area (Å²) in [4.78, 5) is 8.01. The summed E-state index contributed by atoms with van der Waals surface area (Å²) in [6.07, 6.45) is 5.62. The molecule has 0 spiro atoms. The quantitative estimate of drug-likeness (QED) is 0.879. The molecule has 1 heterocycles. The van der Waals surface area contributed by atoms with Gasteiger partial charge in [0.2, 0.25) is 0 Å². The Morgan fingerprint density at radius 3 is 2.61 bits per heavy atom. The van der Waals surface area contributed by atoms with Gasteiger partial charge in [-0.1, -0.05) is 25.1 Å². The Bertz CT molecular complexity index is 487. The fraction of sp³-hybridized carbons (Fsp3) is 0.286. The third-order valence-corrected chi connectivity index (χ3v) is 2.82. The maximum absolute atomic E-state index is 13.6. The van der Waals surface area contributed by atoms with Gasteiger partial charge in [0.15, 0.2) is 0 Å². The number of rotatable bonds is 5. The Morgan fingerprint density at radius 2 is 1.94 bits per heavy atom. The molecule has 0 bridgehead atoms. The van der Waals surface area contributed by atoms with E-state index in [4.69, 9.17) is 0 Å². The summed E-state index contributed by atoms with van der Waals surface area (Å²) in [5.74, 6) is -0.169.